The van der Waals surface area contributed by atoms with Crippen molar-refractivity contribution in [3.05, 3.63) is 91.9 Å². The number of aryl methyl sites for hydroxylation is 2. The van der Waals surface area contributed by atoms with Gasteiger partial charge < -0.3 is 25.4 Å². The second kappa shape index (κ2) is 11.0. The van der Waals surface area contributed by atoms with Crippen LogP contribution in [0.2, 0.25) is 5.02 Å². The molecule has 0 radical (unpaired) electrons. The van der Waals surface area contributed by atoms with Crippen molar-refractivity contribution in [1.29, 1.82) is 0 Å². The van der Waals surface area contributed by atoms with Crippen LogP contribution in [0, 0.1) is 13.8 Å². The minimum Gasteiger partial charge on any atom is -0.505 e. The SMILES string of the molecule is Cc1ccc([C@H](CC(=O)O)NC(=O)Nc2c(O)c(C)cn(Cc3cc(C(F)(F)F)ccc3Cl)c2=O)cc1. The van der Waals surface area contributed by atoms with Crippen molar-refractivity contribution < 1.29 is 33.0 Å². The van der Waals surface area contributed by atoms with E-state index in [0.717, 1.165) is 28.3 Å². The molecular formula is C25H23ClF3N3O5. The van der Waals surface area contributed by atoms with E-state index >= 15 is 0 Å². The topological polar surface area (TPSA) is 121 Å². The lowest BCUT2D eigenvalue weighted by molar-refractivity contribution is -0.138. The highest BCUT2D eigenvalue weighted by Crippen LogP contribution is 2.32. The van der Waals surface area contributed by atoms with Gasteiger partial charge >= 0.3 is 18.2 Å². The number of aromatic nitrogens is 1. The maximum Gasteiger partial charge on any atom is 0.416 e. The molecule has 1 heterocycles. The highest BCUT2D eigenvalue weighted by Gasteiger charge is 2.31. The maximum absolute atomic E-state index is 13.1. The lowest BCUT2D eigenvalue weighted by Crippen LogP contribution is -2.36. The second-order valence-corrected chi connectivity index (χ2v) is 8.84. The van der Waals surface area contributed by atoms with Crippen LogP contribution in [0.3, 0.4) is 0 Å². The summed E-state index contributed by atoms with van der Waals surface area (Å²) in [4.78, 5) is 37.1. The first kappa shape index (κ1) is 27.6. The number of carbonyl (C=O) groups excluding carboxylic acids is 1. The number of carboxylic acids is 1. The van der Waals surface area contributed by atoms with E-state index in [9.17, 15) is 37.8 Å². The molecule has 1 aromatic heterocycles. The van der Waals surface area contributed by atoms with Crippen molar-refractivity contribution in [3.63, 3.8) is 0 Å². The van der Waals surface area contributed by atoms with E-state index in [1.165, 1.54) is 13.1 Å². The first-order valence-electron chi connectivity index (χ1n) is 10.9. The van der Waals surface area contributed by atoms with Gasteiger partial charge in [-0.3, -0.25) is 9.59 Å². The molecule has 2 aromatic carbocycles. The van der Waals surface area contributed by atoms with Crippen LogP contribution in [0.4, 0.5) is 23.7 Å². The largest absolute Gasteiger partial charge is 0.505 e. The normalized spacial score (nSPS) is 12.2. The Kier molecular flexibility index (Phi) is 8.17. The summed E-state index contributed by atoms with van der Waals surface area (Å²) in [7, 11) is 0. The lowest BCUT2D eigenvalue weighted by atomic mass is 10.0. The third-order valence-corrected chi connectivity index (χ3v) is 5.92. The van der Waals surface area contributed by atoms with Gasteiger partial charge in [0, 0.05) is 16.8 Å². The maximum atomic E-state index is 13.1. The molecule has 0 aliphatic carbocycles. The Morgan fingerprint density at radius 1 is 1.11 bits per heavy atom. The first-order chi connectivity index (χ1) is 17.3. The van der Waals surface area contributed by atoms with Gasteiger partial charge in [0.2, 0.25) is 0 Å². The van der Waals surface area contributed by atoms with Crippen molar-refractivity contribution in [2.75, 3.05) is 5.32 Å². The molecule has 0 saturated heterocycles. The molecular weight excluding hydrogens is 515 g/mol. The minimum atomic E-state index is -4.62. The Morgan fingerprint density at radius 3 is 2.35 bits per heavy atom. The van der Waals surface area contributed by atoms with Crippen LogP contribution in [0.1, 0.15) is 40.3 Å². The number of nitrogens with one attached hydrogen (secondary N) is 2. The predicted octanol–water partition coefficient (Wildman–Crippen LogP) is 5.23. The zero-order valence-corrected chi connectivity index (χ0v) is 20.4. The molecule has 1 atom stereocenters. The molecule has 0 bridgehead atoms. The molecule has 0 aliphatic rings. The summed E-state index contributed by atoms with van der Waals surface area (Å²) < 4.78 is 40.4. The number of pyridine rings is 1. The number of carboxylic acid groups (broad SMARTS) is 1. The average molecular weight is 538 g/mol. The zero-order chi connectivity index (χ0) is 27.5. The van der Waals surface area contributed by atoms with Gasteiger partial charge in [-0.25, -0.2) is 4.79 Å². The van der Waals surface area contributed by atoms with E-state index in [-0.39, 0.29) is 22.7 Å². The summed E-state index contributed by atoms with van der Waals surface area (Å²) in [5.74, 6) is -1.72. The first-order valence-corrected chi connectivity index (χ1v) is 11.3. The summed E-state index contributed by atoms with van der Waals surface area (Å²) in [6.45, 7) is 2.90. The quantitative estimate of drug-likeness (QED) is 0.329. The molecule has 4 N–H and O–H groups in total. The Labute approximate surface area is 214 Å². The van der Waals surface area contributed by atoms with Crippen LogP contribution in [-0.2, 0) is 17.5 Å². The molecule has 12 heteroatoms. The fraction of sp³-hybridized carbons (Fsp3) is 0.240. The number of amides is 2. The van der Waals surface area contributed by atoms with Crippen LogP contribution in [0.25, 0.3) is 0 Å². The van der Waals surface area contributed by atoms with Crippen molar-refractivity contribution >= 4 is 29.3 Å². The van der Waals surface area contributed by atoms with Crippen molar-refractivity contribution in [2.24, 2.45) is 0 Å². The molecule has 0 spiro atoms. The van der Waals surface area contributed by atoms with Gasteiger partial charge in [0.15, 0.2) is 5.69 Å². The molecule has 2 amide bonds. The molecule has 3 rings (SSSR count). The number of hydrogen-bond donors (Lipinski definition) is 4. The van der Waals surface area contributed by atoms with Gasteiger partial charge in [0.05, 0.1) is 24.6 Å². The van der Waals surface area contributed by atoms with E-state index in [2.05, 4.69) is 10.6 Å². The molecule has 0 aliphatic heterocycles. The number of carbonyl (C=O) groups is 2. The number of urea groups is 1. The predicted molar refractivity (Wildman–Crippen MR) is 131 cm³/mol. The number of nitrogens with zero attached hydrogens (tertiary/aromatic N) is 1. The van der Waals surface area contributed by atoms with Crippen LogP contribution >= 0.6 is 11.6 Å². The van der Waals surface area contributed by atoms with Gasteiger partial charge in [-0.05, 0) is 43.2 Å². The fourth-order valence-corrected chi connectivity index (χ4v) is 3.79. The summed E-state index contributed by atoms with van der Waals surface area (Å²) in [6, 6.07) is 7.58. The Balaban J connectivity index is 1.90. The smallest absolute Gasteiger partial charge is 0.416 e. The number of aromatic hydroxyl groups is 1. The van der Waals surface area contributed by atoms with Crippen molar-refractivity contribution in [3.8, 4) is 5.75 Å². The summed E-state index contributed by atoms with van der Waals surface area (Å²) in [6.07, 6.45) is -3.85. The van der Waals surface area contributed by atoms with Crippen LogP contribution in [0.15, 0.2) is 53.5 Å². The number of halogens is 4. The highest BCUT2D eigenvalue weighted by atomic mass is 35.5. The molecule has 0 fully saturated rings. The number of aliphatic carboxylic acids is 1. The highest BCUT2D eigenvalue weighted by molar-refractivity contribution is 6.31. The number of alkyl halides is 3. The summed E-state index contributed by atoms with van der Waals surface area (Å²) in [5, 5.41) is 24.4. The lowest BCUT2D eigenvalue weighted by Gasteiger charge is -2.19. The average Bonchev–Trinajstić information content (AvgIpc) is 2.80. The number of benzene rings is 2. The van der Waals surface area contributed by atoms with E-state index in [1.54, 1.807) is 24.3 Å². The van der Waals surface area contributed by atoms with Crippen LogP contribution in [0.5, 0.6) is 5.75 Å². The fourth-order valence-electron chi connectivity index (χ4n) is 3.61. The molecule has 37 heavy (non-hydrogen) atoms. The molecule has 3 aromatic rings. The number of hydrogen-bond acceptors (Lipinski definition) is 4. The molecule has 0 saturated carbocycles. The van der Waals surface area contributed by atoms with Gasteiger partial charge in [0.1, 0.15) is 5.75 Å². The van der Waals surface area contributed by atoms with Crippen molar-refractivity contribution in [2.45, 2.75) is 39.0 Å². The van der Waals surface area contributed by atoms with E-state index in [0.29, 0.717) is 5.56 Å². The van der Waals surface area contributed by atoms with E-state index in [1.807, 2.05) is 6.92 Å². The monoisotopic (exact) mass is 537 g/mol. The summed E-state index contributed by atoms with van der Waals surface area (Å²) >= 11 is 6.05. The van der Waals surface area contributed by atoms with Crippen molar-refractivity contribution in [1.82, 2.24) is 9.88 Å². The minimum absolute atomic E-state index is 0.0000220. The Bertz CT molecular complexity index is 1390. The van der Waals surface area contributed by atoms with E-state index < -0.39 is 53.2 Å². The van der Waals surface area contributed by atoms with E-state index in [4.69, 9.17) is 11.6 Å². The standard InChI is InChI=1S/C25H23ClF3N3O5/c1-13-3-5-15(6-4-13)19(10-20(33)34)30-24(37)31-21-22(35)14(2)11-32(23(21)36)12-16-9-17(25(27,28)29)7-8-18(16)26/h3-9,11,19,35H,10,12H2,1-2H3,(H,33,34)(H2,30,31,37)/t19-/m0/s1. The Morgan fingerprint density at radius 2 is 1.76 bits per heavy atom. The number of rotatable bonds is 7. The second-order valence-electron chi connectivity index (χ2n) is 8.43. The molecule has 196 valence electrons. The third-order valence-electron chi connectivity index (χ3n) is 5.55. The van der Waals surface area contributed by atoms with Gasteiger partial charge in [-0.2, -0.15) is 13.2 Å². The Hall–Kier alpha value is -3.99. The molecule has 0 unspecified atom stereocenters. The number of anilines is 1. The van der Waals surface area contributed by atoms with Gasteiger partial charge in [-0.15, -0.1) is 0 Å². The summed E-state index contributed by atoms with van der Waals surface area (Å²) in [5.41, 5.74) is -0.802. The molecule has 8 nitrogen and oxygen atoms in total. The van der Waals surface area contributed by atoms with Crippen LogP contribution < -0.4 is 16.2 Å². The third kappa shape index (κ3) is 6.82. The van der Waals surface area contributed by atoms with Gasteiger partial charge in [-0.1, -0.05) is 41.4 Å². The van der Waals surface area contributed by atoms with Crippen LogP contribution in [-0.4, -0.2) is 26.8 Å². The van der Waals surface area contributed by atoms with Gasteiger partial charge in [0.25, 0.3) is 5.56 Å². The zero-order valence-electron chi connectivity index (χ0n) is 19.7.